The molecule has 8 rings (SSSR count). The van der Waals surface area contributed by atoms with E-state index in [0.29, 0.717) is 0 Å². The number of nitrogens with zero attached hydrogens (tertiary/aromatic N) is 7. The number of halogens is 1. The molecule has 0 atom stereocenters. The van der Waals surface area contributed by atoms with Crippen molar-refractivity contribution in [3.63, 3.8) is 0 Å². The van der Waals surface area contributed by atoms with Gasteiger partial charge in [0.05, 0.1) is 70.6 Å². The molecule has 4 heterocycles. The zero-order chi connectivity index (χ0) is 22.4. The first-order chi connectivity index (χ1) is 15.9. The first-order valence-electron chi connectivity index (χ1n) is 11.6. The van der Waals surface area contributed by atoms with Crippen molar-refractivity contribution in [3.05, 3.63) is 35.7 Å². The van der Waals surface area contributed by atoms with E-state index in [1.54, 1.807) is 0 Å². The summed E-state index contributed by atoms with van der Waals surface area (Å²) in [4.78, 5) is 4.92. The number of aromatic nitrogens is 4. The standard InChI is InChI=1S/C24H26ClN7O/c1-22(15-33-16-22)30-4-2-29(3-5-30)21-7-20-17(6-19(21)25)8-28-32(20)18-9-27-31(10-18)24-11-23(12-24,13-24)14-26/h6-10H,2-5,11-13,15-16H2,1H3. The fourth-order valence-electron chi connectivity index (χ4n) is 6.33. The molecule has 2 bridgehead atoms. The highest BCUT2D eigenvalue weighted by atomic mass is 35.5. The molecule has 5 fully saturated rings. The van der Waals surface area contributed by atoms with Gasteiger partial charge in [0, 0.05) is 31.6 Å². The maximum absolute atomic E-state index is 9.33. The lowest BCUT2D eigenvalue weighted by Gasteiger charge is -2.66. The Bertz CT molecular complexity index is 1290. The van der Waals surface area contributed by atoms with Gasteiger partial charge in [-0.25, -0.2) is 4.68 Å². The molecule has 2 saturated heterocycles. The third-order valence-corrected chi connectivity index (χ3v) is 8.69. The van der Waals surface area contributed by atoms with E-state index in [1.165, 1.54) is 0 Å². The van der Waals surface area contributed by atoms with Gasteiger partial charge < -0.3 is 9.64 Å². The summed E-state index contributed by atoms with van der Waals surface area (Å²) < 4.78 is 9.46. The Hall–Kier alpha value is -2.60. The number of hydrogen-bond acceptors (Lipinski definition) is 6. The lowest BCUT2D eigenvalue weighted by molar-refractivity contribution is -0.153. The fourth-order valence-corrected chi connectivity index (χ4v) is 6.62. The Kier molecular flexibility index (Phi) is 3.91. The lowest BCUT2D eigenvalue weighted by atomic mass is 9.40. The number of piperazine rings is 1. The van der Waals surface area contributed by atoms with Gasteiger partial charge in [-0.1, -0.05) is 11.6 Å². The van der Waals surface area contributed by atoms with Crippen LogP contribution >= 0.6 is 11.6 Å². The van der Waals surface area contributed by atoms with Crippen molar-refractivity contribution in [1.29, 1.82) is 5.26 Å². The minimum Gasteiger partial charge on any atom is -0.377 e. The number of hydrogen-bond donors (Lipinski definition) is 0. The molecular weight excluding hydrogens is 438 g/mol. The van der Waals surface area contributed by atoms with E-state index in [2.05, 4.69) is 49.9 Å². The Balaban J connectivity index is 1.16. The number of nitriles is 1. The van der Waals surface area contributed by atoms with Crippen molar-refractivity contribution < 1.29 is 4.74 Å². The van der Waals surface area contributed by atoms with Crippen LogP contribution in [0.1, 0.15) is 26.2 Å². The van der Waals surface area contributed by atoms with E-state index in [0.717, 1.165) is 86.0 Å². The molecule has 3 saturated carbocycles. The van der Waals surface area contributed by atoms with Gasteiger partial charge in [0.2, 0.25) is 0 Å². The summed E-state index contributed by atoms with van der Waals surface area (Å²) in [5, 5.41) is 20.4. The molecule has 1 aromatic carbocycles. The normalized spacial score (nSPS) is 30.4. The van der Waals surface area contributed by atoms with E-state index < -0.39 is 0 Å². The van der Waals surface area contributed by atoms with Crippen LogP contribution in [-0.4, -0.2) is 69.4 Å². The van der Waals surface area contributed by atoms with Crippen LogP contribution in [0.5, 0.6) is 0 Å². The molecule has 0 spiro atoms. The minimum absolute atomic E-state index is 0.0349. The van der Waals surface area contributed by atoms with Crippen molar-refractivity contribution in [2.24, 2.45) is 5.41 Å². The Labute approximate surface area is 197 Å². The second-order valence-electron chi connectivity index (χ2n) is 10.7. The van der Waals surface area contributed by atoms with Crippen molar-refractivity contribution in [1.82, 2.24) is 24.5 Å². The summed E-state index contributed by atoms with van der Waals surface area (Å²) in [6, 6.07) is 6.66. The summed E-state index contributed by atoms with van der Waals surface area (Å²) >= 11 is 6.72. The average molecular weight is 464 g/mol. The van der Waals surface area contributed by atoms with Crippen molar-refractivity contribution >= 4 is 28.2 Å². The number of ether oxygens (including phenoxy) is 1. The summed E-state index contributed by atoms with van der Waals surface area (Å²) in [6.07, 6.45) is 8.54. The highest BCUT2D eigenvalue weighted by Crippen LogP contribution is 2.70. The molecule has 170 valence electrons. The summed E-state index contributed by atoms with van der Waals surface area (Å²) in [7, 11) is 0. The van der Waals surface area contributed by atoms with Gasteiger partial charge in [0.1, 0.15) is 5.69 Å². The smallest absolute Gasteiger partial charge is 0.103 e. The summed E-state index contributed by atoms with van der Waals surface area (Å²) in [5.41, 5.74) is 3.16. The molecule has 8 nitrogen and oxygen atoms in total. The summed E-state index contributed by atoms with van der Waals surface area (Å²) in [5.74, 6) is 0. The molecule has 2 aromatic heterocycles. The van der Waals surface area contributed by atoms with Gasteiger partial charge in [-0.15, -0.1) is 0 Å². The first-order valence-corrected chi connectivity index (χ1v) is 12.0. The van der Waals surface area contributed by atoms with Crippen LogP contribution in [0.3, 0.4) is 0 Å². The Morgan fingerprint density at radius 3 is 2.48 bits per heavy atom. The second kappa shape index (κ2) is 6.50. The molecule has 0 N–H and O–H groups in total. The average Bonchev–Trinajstić information content (AvgIpc) is 3.37. The number of rotatable bonds is 4. The molecule has 0 amide bonds. The van der Waals surface area contributed by atoms with E-state index in [1.807, 2.05) is 23.1 Å². The molecule has 3 aromatic rings. The predicted molar refractivity (Wildman–Crippen MR) is 125 cm³/mol. The molecule has 9 heteroatoms. The first kappa shape index (κ1) is 19.8. The van der Waals surface area contributed by atoms with Crippen LogP contribution in [0.15, 0.2) is 30.7 Å². The van der Waals surface area contributed by atoms with E-state index in [-0.39, 0.29) is 16.5 Å². The van der Waals surface area contributed by atoms with Gasteiger partial charge in [0.15, 0.2) is 0 Å². The highest BCUT2D eigenvalue weighted by Gasteiger charge is 2.70. The van der Waals surface area contributed by atoms with Crippen LogP contribution in [0, 0.1) is 16.7 Å². The maximum Gasteiger partial charge on any atom is 0.103 e. The van der Waals surface area contributed by atoms with Gasteiger partial charge in [0.25, 0.3) is 0 Å². The van der Waals surface area contributed by atoms with Gasteiger partial charge in [-0.05, 0) is 38.3 Å². The molecule has 2 aliphatic heterocycles. The monoisotopic (exact) mass is 463 g/mol. The number of anilines is 1. The zero-order valence-corrected chi connectivity index (χ0v) is 19.4. The topological polar surface area (TPSA) is 75.1 Å². The van der Waals surface area contributed by atoms with Gasteiger partial charge >= 0.3 is 0 Å². The highest BCUT2D eigenvalue weighted by molar-refractivity contribution is 6.34. The van der Waals surface area contributed by atoms with Crippen LogP contribution < -0.4 is 4.90 Å². The van der Waals surface area contributed by atoms with Gasteiger partial charge in [-0.3, -0.25) is 9.58 Å². The Morgan fingerprint density at radius 1 is 1.06 bits per heavy atom. The summed E-state index contributed by atoms with van der Waals surface area (Å²) in [6.45, 7) is 7.83. The lowest BCUT2D eigenvalue weighted by Crippen LogP contribution is -2.67. The molecule has 0 unspecified atom stereocenters. The van der Waals surface area contributed by atoms with Crippen LogP contribution in [0.4, 0.5) is 5.69 Å². The molecule has 33 heavy (non-hydrogen) atoms. The third kappa shape index (κ3) is 2.70. The fraction of sp³-hybridized carbons (Fsp3) is 0.542. The van der Waals surface area contributed by atoms with E-state index >= 15 is 0 Å². The predicted octanol–water partition coefficient (Wildman–Crippen LogP) is 3.19. The zero-order valence-electron chi connectivity index (χ0n) is 18.7. The van der Waals surface area contributed by atoms with Gasteiger partial charge in [-0.2, -0.15) is 15.5 Å². The van der Waals surface area contributed by atoms with Crippen LogP contribution in [0.25, 0.3) is 16.6 Å². The molecule has 3 aliphatic carbocycles. The maximum atomic E-state index is 9.33. The van der Waals surface area contributed by atoms with Crippen LogP contribution in [0.2, 0.25) is 5.02 Å². The van der Waals surface area contributed by atoms with Crippen LogP contribution in [-0.2, 0) is 10.3 Å². The minimum atomic E-state index is -0.0940. The quantitative estimate of drug-likeness (QED) is 0.591. The SMILES string of the molecule is CC1(N2CCN(c3cc4c(cnn4-c4cnn(C56CC(C#N)(C5)C6)c4)cc3Cl)CC2)COC1. The van der Waals surface area contributed by atoms with E-state index in [4.69, 9.17) is 16.3 Å². The third-order valence-electron chi connectivity index (χ3n) is 8.39. The van der Waals surface area contributed by atoms with Crippen molar-refractivity contribution in [2.75, 3.05) is 44.3 Å². The molecular formula is C24H26ClN7O. The van der Waals surface area contributed by atoms with Crippen molar-refractivity contribution in [3.8, 4) is 11.8 Å². The van der Waals surface area contributed by atoms with Crippen molar-refractivity contribution in [2.45, 2.75) is 37.3 Å². The second-order valence-corrected chi connectivity index (χ2v) is 11.1. The largest absolute Gasteiger partial charge is 0.377 e. The Morgan fingerprint density at radius 2 is 1.82 bits per heavy atom. The molecule has 5 aliphatic rings. The van der Waals surface area contributed by atoms with E-state index in [9.17, 15) is 5.26 Å². The number of fused-ring (bicyclic) bond motifs is 1. The molecule has 0 radical (unpaired) electrons. The number of benzene rings is 1.